The summed E-state index contributed by atoms with van der Waals surface area (Å²) >= 11 is 0. The fourth-order valence-corrected chi connectivity index (χ4v) is 2.61. The maximum absolute atomic E-state index is 13.0. The lowest BCUT2D eigenvalue weighted by Crippen LogP contribution is -2.40. The van der Waals surface area contributed by atoms with Gasteiger partial charge in [0.25, 0.3) is 0 Å². The number of hydrogen-bond donors (Lipinski definition) is 2. The Kier molecular flexibility index (Phi) is 7.64. The van der Waals surface area contributed by atoms with Crippen LogP contribution in [0.2, 0.25) is 0 Å². The van der Waals surface area contributed by atoms with E-state index in [0.717, 1.165) is 32.5 Å². The lowest BCUT2D eigenvalue weighted by Gasteiger charge is -2.31. The van der Waals surface area contributed by atoms with Crippen LogP contribution in [-0.4, -0.2) is 44.0 Å². The first-order chi connectivity index (χ1) is 9.67. The maximum atomic E-state index is 13.0. The van der Waals surface area contributed by atoms with E-state index in [1.807, 2.05) is 7.05 Å². The number of rotatable bonds is 5. The van der Waals surface area contributed by atoms with Crippen molar-refractivity contribution in [3.05, 3.63) is 30.1 Å². The number of carbonyl (C=O) groups is 1. The molecule has 0 aromatic heterocycles. The van der Waals surface area contributed by atoms with Crippen molar-refractivity contribution in [1.82, 2.24) is 10.2 Å². The Morgan fingerprint density at radius 2 is 2.10 bits per heavy atom. The molecular formula is C15H23ClFN3O. The van der Waals surface area contributed by atoms with Crippen LogP contribution in [0.15, 0.2) is 24.3 Å². The summed E-state index contributed by atoms with van der Waals surface area (Å²) in [6.45, 7) is 3.32. The third kappa shape index (κ3) is 5.99. The average molecular weight is 316 g/mol. The van der Waals surface area contributed by atoms with E-state index in [0.29, 0.717) is 18.2 Å². The second-order valence-corrected chi connectivity index (χ2v) is 5.34. The number of piperidine rings is 1. The van der Waals surface area contributed by atoms with Crippen LogP contribution in [0.4, 0.5) is 10.1 Å². The van der Waals surface area contributed by atoms with Gasteiger partial charge in [-0.1, -0.05) is 6.07 Å². The van der Waals surface area contributed by atoms with Crippen LogP contribution < -0.4 is 10.6 Å². The van der Waals surface area contributed by atoms with Crippen LogP contribution in [0, 0.1) is 11.7 Å². The van der Waals surface area contributed by atoms with Crippen molar-refractivity contribution in [2.75, 3.05) is 38.5 Å². The van der Waals surface area contributed by atoms with Crippen LogP contribution in [0.25, 0.3) is 0 Å². The summed E-state index contributed by atoms with van der Waals surface area (Å²) in [5.74, 6) is 0.292. The molecule has 0 spiro atoms. The van der Waals surface area contributed by atoms with E-state index < -0.39 is 0 Å². The number of nitrogens with one attached hydrogen (secondary N) is 2. The Morgan fingerprint density at radius 3 is 2.71 bits per heavy atom. The SMILES string of the molecule is CNCC1CCN(CC(=O)Nc2cccc(F)c2)CC1.Cl. The molecule has 0 aliphatic carbocycles. The fourth-order valence-electron chi connectivity index (χ4n) is 2.61. The van der Waals surface area contributed by atoms with E-state index in [4.69, 9.17) is 0 Å². The summed E-state index contributed by atoms with van der Waals surface area (Å²) in [5.41, 5.74) is 0.514. The maximum Gasteiger partial charge on any atom is 0.238 e. The summed E-state index contributed by atoms with van der Waals surface area (Å²) < 4.78 is 13.0. The van der Waals surface area contributed by atoms with Gasteiger partial charge in [-0.25, -0.2) is 4.39 Å². The first-order valence-electron chi connectivity index (χ1n) is 7.10. The molecule has 2 N–H and O–H groups in total. The molecule has 1 heterocycles. The number of benzene rings is 1. The van der Waals surface area contributed by atoms with Crippen molar-refractivity contribution in [3.8, 4) is 0 Å². The third-order valence-corrected chi connectivity index (χ3v) is 3.68. The Bertz CT molecular complexity index is 450. The first-order valence-corrected chi connectivity index (χ1v) is 7.10. The molecule has 6 heteroatoms. The van der Waals surface area contributed by atoms with E-state index in [2.05, 4.69) is 15.5 Å². The highest BCUT2D eigenvalue weighted by Gasteiger charge is 2.20. The summed E-state index contributed by atoms with van der Waals surface area (Å²) in [7, 11) is 1.97. The summed E-state index contributed by atoms with van der Waals surface area (Å²) in [4.78, 5) is 14.1. The number of nitrogens with zero attached hydrogens (tertiary/aromatic N) is 1. The smallest absolute Gasteiger partial charge is 0.238 e. The molecule has 0 saturated carbocycles. The minimum atomic E-state index is -0.337. The molecule has 1 fully saturated rings. The van der Waals surface area contributed by atoms with Gasteiger partial charge in [0.15, 0.2) is 0 Å². The number of carbonyl (C=O) groups excluding carboxylic acids is 1. The molecule has 1 aliphatic rings. The molecule has 118 valence electrons. The molecule has 1 saturated heterocycles. The van der Waals surface area contributed by atoms with Crippen molar-refractivity contribution in [2.24, 2.45) is 5.92 Å². The number of anilines is 1. The van der Waals surface area contributed by atoms with Crippen LogP contribution in [0.1, 0.15) is 12.8 Å². The average Bonchev–Trinajstić information content (AvgIpc) is 2.41. The van der Waals surface area contributed by atoms with Gasteiger partial charge in [-0.05, 0) is 63.6 Å². The highest BCUT2D eigenvalue weighted by atomic mass is 35.5. The van der Waals surface area contributed by atoms with Gasteiger partial charge in [0.1, 0.15) is 5.82 Å². The van der Waals surface area contributed by atoms with Crippen molar-refractivity contribution in [2.45, 2.75) is 12.8 Å². The van der Waals surface area contributed by atoms with Crippen molar-refractivity contribution in [3.63, 3.8) is 0 Å². The van der Waals surface area contributed by atoms with E-state index in [-0.39, 0.29) is 24.1 Å². The minimum Gasteiger partial charge on any atom is -0.325 e. The predicted octanol–water partition coefficient (Wildman–Crippen LogP) is 2.12. The number of amides is 1. The first kappa shape index (κ1) is 17.9. The van der Waals surface area contributed by atoms with Gasteiger partial charge < -0.3 is 10.6 Å². The van der Waals surface area contributed by atoms with Gasteiger partial charge in [0, 0.05) is 5.69 Å². The zero-order valence-electron chi connectivity index (χ0n) is 12.3. The van der Waals surface area contributed by atoms with Gasteiger partial charge >= 0.3 is 0 Å². The molecule has 1 aliphatic heterocycles. The predicted molar refractivity (Wildman–Crippen MR) is 85.4 cm³/mol. The topological polar surface area (TPSA) is 44.4 Å². The minimum absolute atomic E-state index is 0. The zero-order valence-corrected chi connectivity index (χ0v) is 13.1. The lowest BCUT2D eigenvalue weighted by atomic mass is 9.97. The molecule has 1 amide bonds. The second kappa shape index (κ2) is 8.97. The normalized spacial score (nSPS) is 16.3. The number of halogens is 2. The molecule has 1 aromatic rings. The number of hydrogen-bond acceptors (Lipinski definition) is 3. The molecule has 21 heavy (non-hydrogen) atoms. The third-order valence-electron chi connectivity index (χ3n) is 3.68. The monoisotopic (exact) mass is 315 g/mol. The lowest BCUT2D eigenvalue weighted by molar-refractivity contribution is -0.117. The molecule has 4 nitrogen and oxygen atoms in total. The van der Waals surface area contributed by atoms with Crippen LogP contribution in [-0.2, 0) is 4.79 Å². The number of likely N-dealkylation sites (tertiary alicyclic amines) is 1. The van der Waals surface area contributed by atoms with Crippen molar-refractivity contribution >= 4 is 24.0 Å². The summed E-state index contributed by atoms with van der Waals surface area (Å²) in [6, 6.07) is 5.98. The van der Waals surface area contributed by atoms with E-state index in [1.165, 1.54) is 12.1 Å². The Labute approximate surface area is 131 Å². The van der Waals surface area contributed by atoms with Crippen molar-refractivity contribution < 1.29 is 9.18 Å². The quantitative estimate of drug-likeness (QED) is 0.875. The molecule has 0 unspecified atom stereocenters. The molecule has 0 radical (unpaired) electrons. The summed E-state index contributed by atoms with van der Waals surface area (Å²) in [5, 5.41) is 5.93. The Morgan fingerprint density at radius 1 is 1.38 bits per heavy atom. The fraction of sp³-hybridized carbons (Fsp3) is 0.533. The Balaban J connectivity index is 0.00000220. The molecular weight excluding hydrogens is 293 g/mol. The highest BCUT2D eigenvalue weighted by Crippen LogP contribution is 2.16. The molecule has 2 rings (SSSR count). The van der Waals surface area contributed by atoms with Gasteiger partial charge in [-0.3, -0.25) is 9.69 Å². The van der Waals surface area contributed by atoms with E-state index in [1.54, 1.807) is 12.1 Å². The second-order valence-electron chi connectivity index (χ2n) is 5.34. The summed E-state index contributed by atoms with van der Waals surface area (Å²) in [6.07, 6.45) is 2.24. The van der Waals surface area contributed by atoms with E-state index in [9.17, 15) is 9.18 Å². The van der Waals surface area contributed by atoms with Crippen LogP contribution in [0.3, 0.4) is 0 Å². The largest absolute Gasteiger partial charge is 0.325 e. The van der Waals surface area contributed by atoms with Gasteiger partial charge in [0.2, 0.25) is 5.91 Å². The van der Waals surface area contributed by atoms with Crippen LogP contribution >= 0.6 is 12.4 Å². The molecule has 1 aromatic carbocycles. The van der Waals surface area contributed by atoms with E-state index >= 15 is 0 Å². The van der Waals surface area contributed by atoms with Gasteiger partial charge in [-0.2, -0.15) is 0 Å². The van der Waals surface area contributed by atoms with Crippen LogP contribution in [0.5, 0.6) is 0 Å². The van der Waals surface area contributed by atoms with Gasteiger partial charge in [0.05, 0.1) is 6.54 Å². The molecule has 0 bridgehead atoms. The van der Waals surface area contributed by atoms with Gasteiger partial charge in [-0.15, -0.1) is 12.4 Å². The van der Waals surface area contributed by atoms with Crippen molar-refractivity contribution in [1.29, 1.82) is 0 Å². The highest BCUT2D eigenvalue weighted by molar-refractivity contribution is 5.92. The standard InChI is InChI=1S/C15H22FN3O.ClH/c1-17-10-12-5-7-19(8-6-12)11-15(20)18-14-4-2-3-13(16)9-14;/h2-4,9,12,17H,5-8,10-11H2,1H3,(H,18,20);1H. The zero-order chi connectivity index (χ0) is 14.4. The Hall–Kier alpha value is -1.17. The molecule has 0 atom stereocenters.